The number of carboxylic acids is 1. The SMILES string of the molecule is CC(C)[C@@H]1NC(=O)[C@H](Cc2ccccc2)NC(=O)CSC[C@@H](C(=O)NCC(=O)N[C@@H](CCCCNC(=O)[C@@H](N)CCCCN)C(N)=O)NC(=O)[C@@H]2CCCN2C(=O)CNC(=O)[C@H](CCC(=O)O)NC(=O)[C@H](C)N(C)C(=O)[C@H](Cc2ccc(-c3ccccc3)cc2)NC(=O)[C@H](C)N(C)C(=O)[C@H](Cc2ccc(-c3ccccc3)cc2)NC(=O)[C@H]([C@@H](C)O)NC(=O)[C@H]([C@@H](C)O)NC(=O)[C@@H]2CCCN2C1=O. The number of aliphatic hydroxyl groups is 2. The van der Waals surface area contributed by atoms with Crippen LogP contribution >= 0.6 is 11.8 Å². The summed E-state index contributed by atoms with van der Waals surface area (Å²) in [5.74, 6) is -18.5. The number of carbonyl (C=O) groups is 18. The summed E-state index contributed by atoms with van der Waals surface area (Å²) in [6.45, 7) is 7.06. The molecule has 3 aliphatic rings. The number of amides is 17. The Morgan fingerprint density at radius 3 is 1.47 bits per heavy atom. The predicted octanol–water partition coefficient (Wildman–Crippen LogP) is -1.42. The molecule has 40 nitrogen and oxygen atoms in total. The number of nitrogens with zero attached hydrogens (tertiary/aromatic N) is 4. The fourth-order valence-corrected chi connectivity index (χ4v) is 16.8. The first kappa shape index (κ1) is 109. The minimum atomic E-state index is -1.94. The number of carboxylic acid groups (broad SMARTS) is 1. The van der Waals surface area contributed by atoms with Crippen LogP contribution in [0, 0.1) is 5.92 Å². The van der Waals surface area contributed by atoms with Gasteiger partial charge in [-0.25, -0.2) is 0 Å². The van der Waals surface area contributed by atoms with E-state index in [9.17, 15) is 82.4 Å². The number of primary amides is 1. The molecule has 5 aromatic carbocycles. The second-order valence-corrected chi connectivity index (χ2v) is 36.1. The molecule has 5 aromatic rings. The van der Waals surface area contributed by atoms with Crippen molar-refractivity contribution >= 4 is 118 Å². The summed E-state index contributed by atoms with van der Waals surface area (Å²) >= 11 is 0.782. The van der Waals surface area contributed by atoms with E-state index in [-0.39, 0.29) is 83.3 Å². The molecule has 3 aliphatic heterocycles. The van der Waals surface area contributed by atoms with Crippen LogP contribution in [0.3, 0.4) is 0 Å². The Hall–Kier alpha value is -13.3. The summed E-state index contributed by atoms with van der Waals surface area (Å²) in [4.78, 5) is 261. The highest BCUT2D eigenvalue weighted by Crippen LogP contribution is 2.26. The molecule has 16 atom stereocenters. The molecule has 3 saturated heterocycles. The van der Waals surface area contributed by atoms with Gasteiger partial charge in [0.15, 0.2) is 0 Å². The van der Waals surface area contributed by atoms with Crippen LogP contribution in [0.4, 0.5) is 0 Å². The van der Waals surface area contributed by atoms with Gasteiger partial charge < -0.3 is 116 Å². The molecule has 17 amide bonds. The molecular weight excluding hydrogens is 1790 g/mol. The Balaban J connectivity index is 1.11. The number of benzene rings is 5. The maximum absolute atomic E-state index is 15.3. The second kappa shape index (κ2) is 53.9. The minimum Gasteiger partial charge on any atom is -0.481 e. The summed E-state index contributed by atoms with van der Waals surface area (Å²) in [6, 6.07) is 20.2. The molecule has 0 radical (unpaired) electrons. The van der Waals surface area contributed by atoms with E-state index in [0.717, 1.165) is 62.6 Å². The van der Waals surface area contributed by atoms with Crippen LogP contribution in [0.25, 0.3) is 22.3 Å². The minimum absolute atomic E-state index is 0.00365. The van der Waals surface area contributed by atoms with Crippen molar-refractivity contribution < 1.29 is 102 Å². The number of thioether (sulfide) groups is 1. The lowest BCUT2D eigenvalue weighted by atomic mass is 9.99. The van der Waals surface area contributed by atoms with Gasteiger partial charge in [-0.05, 0) is 143 Å². The number of hydrogen-bond donors (Lipinski definition) is 18. The predicted molar refractivity (Wildman–Crippen MR) is 508 cm³/mol. The van der Waals surface area contributed by atoms with Crippen LogP contribution in [-0.4, -0.2) is 303 Å². The Morgan fingerprint density at radius 2 is 0.956 bits per heavy atom. The van der Waals surface area contributed by atoms with Gasteiger partial charge in [0, 0.05) is 65.2 Å². The summed E-state index contributed by atoms with van der Waals surface area (Å²) < 4.78 is 0. The zero-order valence-electron chi connectivity index (χ0n) is 78.5. The van der Waals surface area contributed by atoms with Crippen LogP contribution in [0.1, 0.15) is 135 Å². The van der Waals surface area contributed by atoms with Crippen molar-refractivity contribution in [2.75, 3.05) is 64.9 Å². The van der Waals surface area contributed by atoms with E-state index in [2.05, 4.69) is 63.8 Å². The van der Waals surface area contributed by atoms with E-state index in [4.69, 9.17) is 17.2 Å². The zero-order valence-corrected chi connectivity index (χ0v) is 79.3. The van der Waals surface area contributed by atoms with E-state index in [1.807, 2.05) is 60.7 Å². The van der Waals surface area contributed by atoms with Gasteiger partial charge >= 0.3 is 5.97 Å². The quantitative estimate of drug-likeness (QED) is 0.0244. The van der Waals surface area contributed by atoms with Crippen molar-refractivity contribution in [2.24, 2.45) is 23.1 Å². The number of likely N-dealkylation sites (N-methyl/N-ethyl adjacent to an activating group) is 2. The van der Waals surface area contributed by atoms with Gasteiger partial charge in [-0.2, -0.15) is 0 Å². The third-order valence-electron chi connectivity index (χ3n) is 24.3. The molecule has 0 saturated carbocycles. The van der Waals surface area contributed by atoms with E-state index in [1.165, 1.54) is 32.8 Å². The third-order valence-corrected chi connectivity index (χ3v) is 25.4. The lowest BCUT2D eigenvalue weighted by Crippen LogP contribution is -2.63. The van der Waals surface area contributed by atoms with Gasteiger partial charge in [0.05, 0.1) is 37.1 Å². The summed E-state index contributed by atoms with van der Waals surface area (Å²) in [7, 11) is 2.49. The highest BCUT2D eigenvalue weighted by molar-refractivity contribution is 8.00. The number of nitrogens with one attached hydrogen (secondary N) is 12. The Labute approximate surface area is 800 Å². The normalized spacial score (nSPS) is 23.4. The molecule has 0 unspecified atom stereocenters. The van der Waals surface area contributed by atoms with Gasteiger partial charge in [-0.15, -0.1) is 11.8 Å². The molecule has 3 heterocycles. The van der Waals surface area contributed by atoms with Crippen LogP contribution in [0.15, 0.2) is 140 Å². The van der Waals surface area contributed by atoms with Crippen molar-refractivity contribution in [1.82, 2.24) is 83.4 Å². The summed E-state index contributed by atoms with van der Waals surface area (Å²) in [6.07, 6.45) is -2.54. The molecule has 742 valence electrons. The van der Waals surface area contributed by atoms with Gasteiger partial charge in [-0.3, -0.25) is 86.3 Å². The maximum Gasteiger partial charge on any atom is 0.303 e. The fourth-order valence-electron chi connectivity index (χ4n) is 16.0. The number of nitrogens with two attached hydrogens (primary N) is 3. The highest BCUT2D eigenvalue weighted by Gasteiger charge is 2.45. The second-order valence-electron chi connectivity index (χ2n) is 35.0. The van der Waals surface area contributed by atoms with Gasteiger partial charge in [0.2, 0.25) is 100 Å². The molecule has 41 heteroatoms. The number of fused-ring (bicyclic) bond motifs is 2. The van der Waals surface area contributed by atoms with Gasteiger partial charge in [0.1, 0.15) is 78.5 Å². The first-order chi connectivity index (χ1) is 65.2. The lowest BCUT2D eigenvalue weighted by Gasteiger charge is -2.33. The molecule has 137 heavy (non-hydrogen) atoms. The largest absolute Gasteiger partial charge is 0.481 e. The average molecular weight is 1920 g/mol. The zero-order chi connectivity index (χ0) is 100. The molecule has 21 N–H and O–H groups in total. The molecule has 0 aromatic heterocycles. The van der Waals surface area contributed by atoms with Gasteiger partial charge in [-0.1, -0.05) is 160 Å². The van der Waals surface area contributed by atoms with E-state index >= 15 is 19.2 Å². The molecule has 0 spiro atoms. The maximum atomic E-state index is 15.3. The van der Waals surface area contributed by atoms with E-state index in [0.29, 0.717) is 48.9 Å². The van der Waals surface area contributed by atoms with Crippen molar-refractivity contribution in [3.8, 4) is 22.3 Å². The fraction of sp³-hybridized carbons (Fsp3) is 0.500. The molecule has 0 aliphatic carbocycles. The molecule has 3 fully saturated rings. The highest BCUT2D eigenvalue weighted by atomic mass is 32.2. The smallest absolute Gasteiger partial charge is 0.303 e. The number of hydrogen-bond acceptors (Lipinski definition) is 23. The Kier molecular flexibility index (Phi) is 42.9. The van der Waals surface area contributed by atoms with Crippen molar-refractivity contribution in [3.63, 3.8) is 0 Å². The number of rotatable bonds is 29. The van der Waals surface area contributed by atoms with Crippen molar-refractivity contribution in [2.45, 2.75) is 235 Å². The third kappa shape index (κ3) is 33.0. The lowest BCUT2D eigenvalue weighted by molar-refractivity contribution is -0.145. The van der Waals surface area contributed by atoms with Crippen LogP contribution < -0.4 is 81.0 Å². The van der Waals surface area contributed by atoms with Crippen LogP contribution in [0.5, 0.6) is 0 Å². The van der Waals surface area contributed by atoms with Crippen LogP contribution in [0.2, 0.25) is 0 Å². The number of carbonyl (C=O) groups excluding carboxylic acids is 17. The summed E-state index contributed by atoms with van der Waals surface area (Å²) in [5, 5.41) is 63.6. The first-order valence-electron chi connectivity index (χ1n) is 46.2. The average Bonchev–Trinajstić information content (AvgIpc) is 1.76. The number of aliphatic carboxylic acids is 1. The van der Waals surface area contributed by atoms with E-state index < -0.39 is 241 Å². The number of unbranched alkanes of at least 4 members (excludes halogenated alkanes) is 2. The Bertz CT molecular complexity index is 5000. The van der Waals surface area contributed by atoms with Crippen molar-refractivity contribution in [3.05, 3.63) is 156 Å². The topological polar surface area (TPSA) is 603 Å². The molecular formula is C96H131N19O21S. The van der Waals surface area contributed by atoms with Gasteiger partial charge in [0.25, 0.3) is 0 Å². The monoisotopic (exact) mass is 1920 g/mol. The Morgan fingerprint density at radius 1 is 0.496 bits per heavy atom. The van der Waals surface area contributed by atoms with Crippen molar-refractivity contribution in [1.29, 1.82) is 0 Å². The van der Waals surface area contributed by atoms with E-state index in [1.54, 1.807) is 92.7 Å². The standard InChI is InChI=1S/C96H131N19O21S/c1-55(2)80-96(136)115-47-23-33-75(115)91(131)110-82(59(6)117)93(133)111-81(58(5)116)92(132)107-72(50-62-36-40-66(41-37-62)64-28-16-11-17-29-64)95(135)113(8)57(4)85(125)106-71(49-61-34-38-65(39-35-61)63-26-14-10-15-27-63)94(134)112(7)56(3)84(124)105-69(42-43-79(121)122)87(127)102-52-78(120)114-46-22-32-74(114)90(130)108-73(53-137-54-77(119)104-70(89(129)109-80)48-60-24-12-9-13-25-60)88(128)101-51-76(118)103-68(83(99)123)31-19-21-45-100-86(126)67(98)30-18-20-44-97/h9-17,24-29,34-41,55-59,67-75,80-82,116-117H,18-23,30-33,42-54,97-98H2,1-8H3,(H2,99,123)(H,100,126)(H,101,128)(H,102,127)(H,103,118)(H,104,119)(H,105,124)(H,106,125)(H,107,132)(H,108,130)(H,109,129)(H,110,131)(H,111,133)(H,121,122)/t56-,57-,58+,59+,67-,68-,69-,70-,71-,72-,73-,74-,75-,80-,81-,82-/m0/s1. The summed E-state index contributed by atoms with van der Waals surface area (Å²) in [5.41, 5.74) is 22.1. The first-order valence-corrected chi connectivity index (χ1v) is 47.3. The molecule has 8 rings (SSSR count). The number of aliphatic hydroxyl groups excluding tert-OH is 2. The molecule has 0 bridgehead atoms. The van der Waals surface area contributed by atoms with Crippen LogP contribution in [-0.2, 0) is 106 Å².